The number of hydrogen-bond acceptors (Lipinski definition) is 2. The standard InChI is InChI=1S/C5H10OS/c1-5-4-7-3-2-6-5/h5H,2-4H2,1H3/t5-/m1/s1. The molecular weight excluding hydrogens is 108 g/mol. The highest BCUT2D eigenvalue weighted by Crippen LogP contribution is 2.10. The monoisotopic (exact) mass is 118 g/mol. The number of thioether (sulfide) groups is 1. The molecule has 0 bridgehead atoms. The zero-order valence-electron chi connectivity index (χ0n) is 4.52. The summed E-state index contributed by atoms with van der Waals surface area (Å²) in [6, 6.07) is 0. The van der Waals surface area contributed by atoms with Crippen LogP contribution in [0.2, 0.25) is 0 Å². The zero-order valence-corrected chi connectivity index (χ0v) is 5.33. The van der Waals surface area contributed by atoms with Gasteiger partial charge in [0, 0.05) is 11.5 Å². The molecule has 0 amide bonds. The van der Waals surface area contributed by atoms with Gasteiger partial charge in [-0.25, -0.2) is 0 Å². The summed E-state index contributed by atoms with van der Waals surface area (Å²) >= 11 is 1.98. The Kier molecular flexibility index (Phi) is 2.00. The van der Waals surface area contributed by atoms with E-state index in [9.17, 15) is 0 Å². The van der Waals surface area contributed by atoms with Crippen molar-refractivity contribution in [1.29, 1.82) is 0 Å². The first-order valence-corrected chi connectivity index (χ1v) is 3.74. The van der Waals surface area contributed by atoms with Gasteiger partial charge in [-0.2, -0.15) is 11.8 Å². The van der Waals surface area contributed by atoms with E-state index in [4.69, 9.17) is 4.74 Å². The summed E-state index contributed by atoms with van der Waals surface area (Å²) in [7, 11) is 0. The van der Waals surface area contributed by atoms with Crippen LogP contribution in [0.3, 0.4) is 0 Å². The van der Waals surface area contributed by atoms with E-state index >= 15 is 0 Å². The van der Waals surface area contributed by atoms with Crippen LogP contribution in [0.5, 0.6) is 0 Å². The van der Waals surface area contributed by atoms with E-state index in [2.05, 4.69) is 6.92 Å². The average Bonchev–Trinajstić information content (AvgIpc) is 1.69. The van der Waals surface area contributed by atoms with Crippen LogP contribution in [0.4, 0.5) is 0 Å². The second-order valence-electron chi connectivity index (χ2n) is 1.76. The highest BCUT2D eigenvalue weighted by Gasteiger charge is 2.06. The first-order chi connectivity index (χ1) is 3.39. The largest absolute Gasteiger partial charge is 0.377 e. The highest BCUT2D eigenvalue weighted by molar-refractivity contribution is 7.99. The van der Waals surface area contributed by atoms with E-state index in [0.717, 1.165) is 6.61 Å². The summed E-state index contributed by atoms with van der Waals surface area (Å²) in [5, 5.41) is 0. The summed E-state index contributed by atoms with van der Waals surface area (Å²) in [4.78, 5) is 0. The molecule has 0 aliphatic carbocycles. The van der Waals surface area contributed by atoms with Crippen LogP contribution in [-0.2, 0) is 4.74 Å². The van der Waals surface area contributed by atoms with Crippen molar-refractivity contribution in [3.05, 3.63) is 0 Å². The summed E-state index contributed by atoms with van der Waals surface area (Å²) in [6.45, 7) is 3.07. The van der Waals surface area contributed by atoms with Crippen molar-refractivity contribution in [3.63, 3.8) is 0 Å². The van der Waals surface area contributed by atoms with Crippen LogP contribution in [0, 0.1) is 0 Å². The van der Waals surface area contributed by atoms with Crippen molar-refractivity contribution in [2.75, 3.05) is 18.1 Å². The molecule has 1 rings (SSSR count). The van der Waals surface area contributed by atoms with Crippen molar-refractivity contribution in [2.45, 2.75) is 13.0 Å². The molecule has 0 spiro atoms. The minimum Gasteiger partial charge on any atom is -0.377 e. The normalized spacial score (nSPS) is 33.0. The Bertz CT molecular complexity index is 50.0. The fourth-order valence-electron chi connectivity index (χ4n) is 0.606. The van der Waals surface area contributed by atoms with E-state index in [1.165, 1.54) is 11.5 Å². The van der Waals surface area contributed by atoms with Crippen LogP contribution in [0.25, 0.3) is 0 Å². The van der Waals surface area contributed by atoms with Crippen molar-refractivity contribution in [1.82, 2.24) is 0 Å². The second-order valence-corrected chi connectivity index (χ2v) is 2.91. The molecule has 1 aliphatic rings. The van der Waals surface area contributed by atoms with Gasteiger partial charge in [0.2, 0.25) is 0 Å². The Morgan fingerprint density at radius 2 is 2.57 bits per heavy atom. The quantitative estimate of drug-likeness (QED) is 0.471. The number of hydrogen-bond donors (Lipinski definition) is 0. The Balaban J connectivity index is 2.12. The minimum absolute atomic E-state index is 0.499. The molecule has 2 heteroatoms. The van der Waals surface area contributed by atoms with E-state index in [1.807, 2.05) is 11.8 Å². The van der Waals surface area contributed by atoms with Crippen LogP contribution in [0.1, 0.15) is 6.92 Å². The molecule has 1 atom stereocenters. The maximum absolute atomic E-state index is 5.26. The van der Waals surface area contributed by atoms with Crippen molar-refractivity contribution in [3.8, 4) is 0 Å². The van der Waals surface area contributed by atoms with Crippen molar-refractivity contribution in [2.24, 2.45) is 0 Å². The van der Waals surface area contributed by atoms with Gasteiger partial charge in [-0.05, 0) is 6.92 Å². The second kappa shape index (κ2) is 2.58. The number of ether oxygens (including phenoxy) is 1. The maximum atomic E-state index is 5.26. The third kappa shape index (κ3) is 1.70. The summed E-state index contributed by atoms with van der Waals surface area (Å²) in [6.07, 6.45) is 0.499. The minimum atomic E-state index is 0.499. The number of rotatable bonds is 0. The summed E-state index contributed by atoms with van der Waals surface area (Å²) < 4.78 is 5.26. The molecule has 1 aliphatic heterocycles. The lowest BCUT2D eigenvalue weighted by atomic mass is 10.5. The van der Waals surface area contributed by atoms with Gasteiger partial charge in [0.05, 0.1) is 12.7 Å². The Hall–Kier alpha value is 0.310. The van der Waals surface area contributed by atoms with E-state index in [-0.39, 0.29) is 0 Å². The Morgan fingerprint density at radius 1 is 1.71 bits per heavy atom. The molecule has 1 fully saturated rings. The molecule has 42 valence electrons. The molecule has 0 unspecified atom stereocenters. The van der Waals surface area contributed by atoms with E-state index in [0.29, 0.717) is 6.10 Å². The lowest BCUT2D eigenvalue weighted by molar-refractivity contribution is 0.0892. The van der Waals surface area contributed by atoms with Gasteiger partial charge in [-0.15, -0.1) is 0 Å². The first kappa shape index (κ1) is 5.45. The lowest BCUT2D eigenvalue weighted by Crippen LogP contribution is -2.18. The molecule has 0 aromatic carbocycles. The maximum Gasteiger partial charge on any atom is 0.0637 e. The fraction of sp³-hybridized carbons (Fsp3) is 1.00. The third-order valence-electron chi connectivity index (χ3n) is 0.983. The molecular formula is C5H10OS. The van der Waals surface area contributed by atoms with Gasteiger partial charge in [-0.3, -0.25) is 0 Å². The zero-order chi connectivity index (χ0) is 5.11. The summed E-state index contributed by atoms with van der Waals surface area (Å²) in [5.41, 5.74) is 0. The topological polar surface area (TPSA) is 9.23 Å². The lowest BCUT2D eigenvalue weighted by Gasteiger charge is -2.17. The SMILES string of the molecule is C[C@@H]1CSCCO1. The van der Waals surface area contributed by atoms with Crippen LogP contribution >= 0.6 is 11.8 Å². The van der Waals surface area contributed by atoms with Gasteiger partial charge >= 0.3 is 0 Å². The van der Waals surface area contributed by atoms with Gasteiger partial charge < -0.3 is 4.74 Å². The molecule has 1 heterocycles. The van der Waals surface area contributed by atoms with Gasteiger partial charge in [0.25, 0.3) is 0 Å². The Labute approximate surface area is 48.4 Å². The van der Waals surface area contributed by atoms with Gasteiger partial charge in [0.15, 0.2) is 0 Å². The predicted octanol–water partition coefficient (Wildman–Crippen LogP) is 1.14. The van der Waals surface area contributed by atoms with Crippen LogP contribution < -0.4 is 0 Å². The third-order valence-corrected chi connectivity index (χ3v) is 2.14. The highest BCUT2D eigenvalue weighted by atomic mass is 32.2. The van der Waals surface area contributed by atoms with Gasteiger partial charge in [-0.1, -0.05) is 0 Å². The van der Waals surface area contributed by atoms with Gasteiger partial charge in [0.1, 0.15) is 0 Å². The molecule has 0 radical (unpaired) electrons. The van der Waals surface area contributed by atoms with Crippen LogP contribution in [0.15, 0.2) is 0 Å². The molecule has 1 saturated heterocycles. The molecule has 0 N–H and O–H groups in total. The molecule has 0 aromatic heterocycles. The smallest absolute Gasteiger partial charge is 0.0637 e. The first-order valence-electron chi connectivity index (χ1n) is 2.59. The summed E-state index contributed by atoms with van der Waals surface area (Å²) in [5.74, 6) is 2.37. The predicted molar refractivity (Wildman–Crippen MR) is 32.7 cm³/mol. The van der Waals surface area contributed by atoms with Crippen molar-refractivity contribution < 1.29 is 4.74 Å². The average molecular weight is 118 g/mol. The molecule has 0 aromatic rings. The Morgan fingerprint density at radius 3 is 2.86 bits per heavy atom. The van der Waals surface area contributed by atoms with Crippen LogP contribution in [-0.4, -0.2) is 24.2 Å². The molecule has 0 saturated carbocycles. The van der Waals surface area contributed by atoms with Crippen molar-refractivity contribution >= 4 is 11.8 Å². The molecule has 1 nitrogen and oxygen atoms in total. The van der Waals surface area contributed by atoms with E-state index in [1.54, 1.807) is 0 Å². The van der Waals surface area contributed by atoms with E-state index < -0.39 is 0 Å². The molecule has 7 heavy (non-hydrogen) atoms. The fourth-order valence-corrected chi connectivity index (χ4v) is 1.41.